The van der Waals surface area contributed by atoms with E-state index in [1.807, 2.05) is 6.92 Å². The Morgan fingerprint density at radius 1 is 1.27 bits per heavy atom. The highest BCUT2D eigenvalue weighted by molar-refractivity contribution is 5.91. The normalized spacial score (nSPS) is 16.3. The van der Waals surface area contributed by atoms with Crippen LogP contribution < -0.4 is 16.2 Å². The van der Waals surface area contributed by atoms with Crippen LogP contribution in [-0.4, -0.2) is 52.2 Å². The van der Waals surface area contributed by atoms with E-state index < -0.39 is 24.5 Å². The summed E-state index contributed by atoms with van der Waals surface area (Å²) >= 11 is 0. The number of aromatic nitrogens is 3. The van der Waals surface area contributed by atoms with Gasteiger partial charge in [0.05, 0.1) is 0 Å². The molecular formula is C22H23F3N6O2. The van der Waals surface area contributed by atoms with Crippen molar-refractivity contribution < 1.29 is 18.0 Å². The first-order valence-corrected chi connectivity index (χ1v) is 10.4. The number of pyridine rings is 1. The van der Waals surface area contributed by atoms with E-state index in [9.17, 15) is 22.8 Å². The molecule has 8 nitrogen and oxygen atoms in total. The number of aromatic amines is 1. The van der Waals surface area contributed by atoms with E-state index in [2.05, 4.69) is 25.6 Å². The number of halogens is 3. The first kappa shape index (κ1) is 22.6. The molecule has 11 heteroatoms. The van der Waals surface area contributed by atoms with Crippen molar-refractivity contribution in [2.75, 3.05) is 30.8 Å². The molecule has 4 rings (SSSR count). The van der Waals surface area contributed by atoms with Gasteiger partial charge in [0.15, 0.2) is 0 Å². The average molecular weight is 460 g/mol. The largest absolute Gasteiger partial charge is 0.389 e. The van der Waals surface area contributed by atoms with Gasteiger partial charge in [0.25, 0.3) is 5.56 Å². The summed E-state index contributed by atoms with van der Waals surface area (Å²) in [5, 5.41) is 6.19. The van der Waals surface area contributed by atoms with Gasteiger partial charge in [-0.2, -0.15) is 18.2 Å². The second-order valence-electron chi connectivity index (χ2n) is 8.14. The lowest BCUT2D eigenvalue weighted by molar-refractivity contribution is -0.143. The fraction of sp³-hybridized carbons (Fsp3) is 0.364. The number of carbonyl (C=O) groups is 1. The first-order valence-electron chi connectivity index (χ1n) is 10.4. The number of rotatable bonds is 4. The van der Waals surface area contributed by atoms with Crippen molar-refractivity contribution in [2.45, 2.75) is 25.9 Å². The Labute approximate surface area is 187 Å². The molecular weight excluding hydrogens is 437 g/mol. The highest BCUT2D eigenvalue weighted by Crippen LogP contribution is 2.31. The van der Waals surface area contributed by atoms with Crippen molar-refractivity contribution in [1.82, 2.24) is 19.9 Å². The third-order valence-corrected chi connectivity index (χ3v) is 5.69. The summed E-state index contributed by atoms with van der Waals surface area (Å²) in [6.45, 7) is 2.17. The minimum absolute atomic E-state index is 0.0585. The smallest absolute Gasteiger partial charge is 0.357 e. The van der Waals surface area contributed by atoms with Gasteiger partial charge >= 0.3 is 12.2 Å². The van der Waals surface area contributed by atoms with Crippen LogP contribution >= 0.6 is 0 Å². The number of hydrogen-bond acceptors (Lipinski definition) is 5. The van der Waals surface area contributed by atoms with Gasteiger partial charge < -0.3 is 20.5 Å². The van der Waals surface area contributed by atoms with Crippen LogP contribution in [0, 0.1) is 12.8 Å². The predicted molar refractivity (Wildman–Crippen MR) is 119 cm³/mol. The van der Waals surface area contributed by atoms with E-state index in [4.69, 9.17) is 0 Å². The molecule has 3 aromatic rings. The number of benzene rings is 1. The maximum atomic E-state index is 12.8. The number of fused-ring (bicyclic) bond motifs is 1. The summed E-state index contributed by atoms with van der Waals surface area (Å²) in [5.74, 6) is -0.211. The maximum absolute atomic E-state index is 12.8. The zero-order valence-electron chi connectivity index (χ0n) is 18.1. The quantitative estimate of drug-likeness (QED) is 0.543. The highest BCUT2D eigenvalue weighted by Gasteiger charge is 2.36. The first-order chi connectivity index (χ1) is 15.6. The summed E-state index contributed by atoms with van der Waals surface area (Å²) in [5.41, 5.74) is 2.32. The highest BCUT2D eigenvalue weighted by atomic mass is 19.4. The van der Waals surface area contributed by atoms with Gasteiger partial charge in [-0.05, 0) is 48.6 Å². The van der Waals surface area contributed by atoms with Gasteiger partial charge in [-0.25, -0.2) is 9.78 Å². The summed E-state index contributed by atoms with van der Waals surface area (Å²) in [6.07, 6.45) is -3.22. The lowest BCUT2D eigenvalue weighted by Crippen LogP contribution is -2.33. The fourth-order valence-electron chi connectivity index (χ4n) is 4.02. The summed E-state index contributed by atoms with van der Waals surface area (Å²) in [7, 11) is 1.68. The number of amides is 2. The lowest BCUT2D eigenvalue weighted by atomic mass is 10.0. The van der Waals surface area contributed by atoms with E-state index >= 15 is 0 Å². The number of anilines is 2. The monoisotopic (exact) mass is 460 g/mol. The molecule has 3 heterocycles. The molecule has 1 fully saturated rings. The van der Waals surface area contributed by atoms with Gasteiger partial charge in [0, 0.05) is 49.4 Å². The standard InChI is InChI=1S/C22H23F3N6O2/c1-12-3-4-15(28-21(33)31-6-5-13(11-31)9-22(23,24)25)8-16(12)17-7-14-10-27-20(26-2)30-18(14)29-19(17)32/h3-4,7-8,10,13H,5-6,9,11H2,1-2H3,(H,28,33)(H2,26,27,29,30,32)/t13-/m0/s1. The molecule has 2 amide bonds. The Morgan fingerprint density at radius 3 is 2.79 bits per heavy atom. The van der Waals surface area contributed by atoms with Gasteiger partial charge in [-0.15, -0.1) is 0 Å². The average Bonchev–Trinajstić information content (AvgIpc) is 3.21. The Hall–Kier alpha value is -3.63. The number of hydrogen-bond donors (Lipinski definition) is 3. The molecule has 1 atom stereocenters. The molecule has 0 radical (unpaired) electrons. The number of likely N-dealkylation sites (tertiary alicyclic amines) is 1. The third-order valence-electron chi connectivity index (χ3n) is 5.69. The van der Waals surface area contributed by atoms with Crippen molar-refractivity contribution in [3.63, 3.8) is 0 Å². The number of nitrogens with zero attached hydrogens (tertiary/aromatic N) is 3. The van der Waals surface area contributed by atoms with Gasteiger partial charge in [-0.1, -0.05) is 6.07 Å². The maximum Gasteiger partial charge on any atom is 0.389 e. The van der Waals surface area contributed by atoms with Crippen LogP contribution in [0.4, 0.5) is 29.6 Å². The van der Waals surface area contributed by atoms with Crippen LogP contribution in [0.2, 0.25) is 0 Å². The lowest BCUT2D eigenvalue weighted by Gasteiger charge is -2.18. The van der Waals surface area contributed by atoms with Crippen LogP contribution in [-0.2, 0) is 0 Å². The molecule has 3 N–H and O–H groups in total. The van der Waals surface area contributed by atoms with Crippen molar-refractivity contribution in [3.8, 4) is 11.1 Å². The minimum Gasteiger partial charge on any atom is -0.357 e. The molecule has 0 spiro atoms. The Balaban J connectivity index is 1.56. The SMILES string of the molecule is CNc1ncc2cc(-c3cc(NC(=O)N4CC[C@@H](CC(F)(F)F)C4)ccc3C)c(=O)[nH]c2n1. The van der Waals surface area contributed by atoms with E-state index in [1.165, 1.54) is 4.90 Å². The molecule has 0 aliphatic carbocycles. The molecule has 1 aliphatic heterocycles. The molecule has 0 bridgehead atoms. The molecule has 1 aromatic carbocycles. The molecule has 2 aromatic heterocycles. The zero-order chi connectivity index (χ0) is 23.8. The number of nitrogens with one attached hydrogen (secondary N) is 3. The summed E-state index contributed by atoms with van der Waals surface area (Å²) < 4.78 is 37.9. The van der Waals surface area contributed by atoms with E-state index in [0.29, 0.717) is 40.2 Å². The van der Waals surface area contributed by atoms with Gasteiger partial charge in [0.1, 0.15) is 5.65 Å². The van der Waals surface area contributed by atoms with Crippen molar-refractivity contribution >= 4 is 28.7 Å². The zero-order valence-corrected chi connectivity index (χ0v) is 18.1. The number of H-pyrrole nitrogens is 1. The van der Waals surface area contributed by atoms with Crippen LogP contribution in [0.15, 0.2) is 35.3 Å². The fourth-order valence-corrected chi connectivity index (χ4v) is 4.02. The minimum atomic E-state index is -4.24. The van der Waals surface area contributed by atoms with Crippen LogP contribution in [0.1, 0.15) is 18.4 Å². The van der Waals surface area contributed by atoms with Crippen molar-refractivity contribution in [3.05, 3.63) is 46.4 Å². The second kappa shape index (κ2) is 8.72. The number of alkyl halides is 3. The van der Waals surface area contributed by atoms with Crippen molar-refractivity contribution in [2.24, 2.45) is 5.92 Å². The molecule has 0 unspecified atom stereocenters. The molecule has 174 valence electrons. The van der Waals surface area contributed by atoms with Crippen LogP contribution in [0.5, 0.6) is 0 Å². The van der Waals surface area contributed by atoms with Crippen LogP contribution in [0.25, 0.3) is 22.2 Å². The molecule has 1 aliphatic rings. The topological polar surface area (TPSA) is 103 Å². The predicted octanol–water partition coefficient (Wildman–Crippen LogP) is 4.14. The second-order valence-corrected chi connectivity index (χ2v) is 8.14. The Bertz CT molecular complexity index is 1260. The van der Waals surface area contributed by atoms with Gasteiger partial charge in [-0.3, -0.25) is 4.79 Å². The number of carbonyl (C=O) groups excluding carboxylic acids is 1. The summed E-state index contributed by atoms with van der Waals surface area (Å²) in [6, 6.07) is 6.36. The van der Waals surface area contributed by atoms with E-state index in [0.717, 1.165) is 5.56 Å². The van der Waals surface area contributed by atoms with Crippen LogP contribution in [0.3, 0.4) is 0 Å². The molecule has 33 heavy (non-hydrogen) atoms. The molecule has 1 saturated heterocycles. The number of urea groups is 1. The van der Waals surface area contributed by atoms with E-state index in [1.54, 1.807) is 37.5 Å². The van der Waals surface area contributed by atoms with Crippen molar-refractivity contribution in [1.29, 1.82) is 0 Å². The third kappa shape index (κ3) is 5.07. The Kier molecular flexibility index (Phi) is 5.96. The Morgan fingerprint density at radius 2 is 2.06 bits per heavy atom. The van der Waals surface area contributed by atoms with E-state index in [-0.39, 0.29) is 18.6 Å². The summed E-state index contributed by atoms with van der Waals surface area (Å²) in [4.78, 5) is 37.9. The van der Waals surface area contributed by atoms with Gasteiger partial charge in [0.2, 0.25) is 5.95 Å². The molecule has 0 saturated carbocycles. The number of aryl methyl sites for hydroxylation is 1.